The summed E-state index contributed by atoms with van der Waals surface area (Å²) in [6.07, 6.45) is 0.631. The third-order valence-electron chi connectivity index (χ3n) is 3.26. The number of rotatable bonds is 3. The molecular formula is C14H12N2O5. The Labute approximate surface area is 119 Å². The number of hydrogen-bond acceptors (Lipinski definition) is 5. The molecule has 0 saturated heterocycles. The van der Waals surface area contributed by atoms with Crippen LogP contribution in [0.1, 0.15) is 28.6 Å². The lowest BCUT2D eigenvalue weighted by molar-refractivity contribution is -0.402. The zero-order chi connectivity index (χ0) is 14.8. The van der Waals surface area contributed by atoms with Crippen LogP contribution in [0.4, 0.5) is 5.88 Å². The standard InChI is InChI=1S/C14H12N2O5/c17-14(12-5-6-13(21-12)16(18)19)15-10-7-8-20-11-4-2-1-3-9(10)11/h1-6,10H,7-8H2,(H,15,17)/t10-/m1/s1. The van der Waals surface area contributed by atoms with E-state index < -0.39 is 16.7 Å². The smallest absolute Gasteiger partial charge is 0.433 e. The average Bonchev–Trinajstić information content (AvgIpc) is 2.98. The number of fused-ring (bicyclic) bond motifs is 1. The first-order valence-corrected chi connectivity index (χ1v) is 6.42. The number of hydrogen-bond donors (Lipinski definition) is 1. The topological polar surface area (TPSA) is 94.6 Å². The summed E-state index contributed by atoms with van der Waals surface area (Å²) in [6.45, 7) is 0.500. The fraction of sp³-hybridized carbons (Fsp3) is 0.214. The van der Waals surface area contributed by atoms with Crippen molar-refractivity contribution in [1.29, 1.82) is 0 Å². The van der Waals surface area contributed by atoms with E-state index in [0.29, 0.717) is 13.0 Å². The first-order chi connectivity index (χ1) is 10.1. The summed E-state index contributed by atoms with van der Waals surface area (Å²) in [5.41, 5.74) is 0.887. The van der Waals surface area contributed by atoms with Gasteiger partial charge >= 0.3 is 5.88 Å². The second kappa shape index (κ2) is 5.28. The Morgan fingerprint density at radius 3 is 2.86 bits per heavy atom. The van der Waals surface area contributed by atoms with Crippen molar-refractivity contribution in [2.24, 2.45) is 0 Å². The number of ether oxygens (including phenoxy) is 1. The van der Waals surface area contributed by atoms with Gasteiger partial charge in [0.15, 0.2) is 5.76 Å². The number of nitro groups is 1. The lowest BCUT2D eigenvalue weighted by atomic mass is 10.0. The van der Waals surface area contributed by atoms with Crippen LogP contribution < -0.4 is 10.1 Å². The van der Waals surface area contributed by atoms with E-state index in [0.717, 1.165) is 17.4 Å². The third-order valence-corrected chi connectivity index (χ3v) is 3.26. The first kappa shape index (κ1) is 13.2. The molecule has 0 aliphatic carbocycles. The lowest BCUT2D eigenvalue weighted by Gasteiger charge is -2.26. The van der Waals surface area contributed by atoms with Gasteiger partial charge in [-0.3, -0.25) is 14.9 Å². The molecule has 7 nitrogen and oxygen atoms in total. The van der Waals surface area contributed by atoms with Crippen molar-refractivity contribution in [2.45, 2.75) is 12.5 Å². The molecule has 1 aliphatic heterocycles. The van der Waals surface area contributed by atoms with Crippen LogP contribution in [0.15, 0.2) is 40.8 Å². The summed E-state index contributed by atoms with van der Waals surface area (Å²) in [5.74, 6) is -0.275. The zero-order valence-corrected chi connectivity index (χ0v) is 10.9. The fourth-order valence-corrected chi connectivity index (χ4v) is 2.27. The quantitative estimate of drug-likeness (QED) is 0.691. The molecule has 1 aromatic heterocycles. The molecule has 7 heteroatoms. The van der Waals surface area contributed by atoms with Crippen LogP contribution in [0.5, 0.6) is 5.75 Å². The summed E-state index contributed by atoms with van der Waals surface area (Å²) in [4.78, 5) is 22.0. The summed E-state index contributed by atoms with van der Waals surface area (Å²) in [7, 11) is 0. The van der Waals surface area contributed by atoms with Gasteiger partial charge in [0.1, 0.15) is 10.7 Å². The molecule has 3 rings (SSSR count). The van der Waals surface area contributed by atoms with Gasteiger partial charge in [0.2, 0.25) is 0 Å². The van der Waals surface area contributed by atoms with Gasteiger partial charge < -0.3 is 14.5 Å². The number of carbonyl (C=O) groups is 1. The number of nitrogens with one attached hydrogen (secondary N) is 1. The van der Waals surface area contributed by atoms with Gasteiger partial charge in [-0.05, 0) is 12.1 Å². The molecule has 2 heterocycles. The summed E-state index contributed by atoms with van der Waals surface area (Å²) >= 11 is 0. The number of benzene rings is 1. The molecule has 2 aromatic rings. The molecule has 0 fully saturated rings. The van der Waals surface area contributed by atoms with E-state index in [1.165, 1.54) is 6.07 Å². The Kier molecular flexibility index (Phi) is 3.31. The highest BCUT2D eigenvalue weighted by Crippen LogP contribution is 2.31. The van der Waals surface area contributed by atoms with Gasteiger partial charge in [-0.2, -0.15) is 0 Å². The normalized spacial score (nSPS) is 16.7. The van der Waals surface area contributed by atoms with Crippen LogP contribution in [0.2, 0.25) is 0 Å². The average molecular weight is 288 g/mol. The molecule has 1 N–H and O–H groups in total. The maximum atomic E-state index is 12.1. The van der Waals surface area contributed by atoms with Crippen molar-refractivity contribution in [3.05, 3.63) is 57.8 Å². The van der Waals surface area contributed by atoms with E-state index in [1.807, 2.05) is 24.3 Å². The van der Waals surface area contributed by atoms with E-state index in [4.69, 9.17) is 9.15 Å². The van der Waals surface area contributed by atoms with E-state index in [1.54, 1.807) is 0 Å². The number of nitrogens with zero attached hydrogens (tertiary/aromatic N) is 1. The zero-order valence-electron chi connectivity index (χ0n) is 10.9. The van der Waals surface area contributed by atoms with Gasteiger partial charge in [-0.15, -0.1) is 0 Å². The molecule has 1 atom stereocenters. The number of amides is 1. The van der Waals surface area contributed by atoms with Gasteiger partial charge in [-0.25, -0.2) is 0 Å². The fourth-order valence-electron chi connectivity index (χ4n) is 2.27. The van der Waals surface area contributed by atoms with Crippen LogP contribution in [-0.2, 0) is 0 Å². The van der Waals surface area contributed by atoms with E-state index in [-0.39, 0.29) is 11.8 Å². The number of furan rings is 1. The van der Waals surface area contributed by atoms with E-state index in [9.17, 15) is 14.9 Å². The minimum Gasteiger partial charge on any atom is -0.493 e. The minimum atomic E-state index is -0.680. The molecule has 0 radical (unpaired) electrons. The van der Waals surface area contributed by atoms with E-state index in [2.05, 4.69) is 5.32 Å². The van der Waals surface area contributed by atoms with Gasteiger partial charge in [0.05, 0.1) is 18.7 Å². The van der Waals surface area contributed by atoms with Crippen molar-refractivity contribution in [1.82, 2.24) is 5.32 Å². The summed E-state index contributed by atoms with van der Waals surface area (Å²) < 4.78 is 10.4. The minimum absolute atomic E-state index is 0.0781. The largest absolute Gasteiger partial charge is 0.493 e. The van der Waals surface area contributed by atoms with Crippen LogP contribution in [0, 0.1) is 10.1 Å². The Balaban J connectivity index is 1.77. The summed E-state index contributed by atoms with van der Waals surface area (Å²) in [6, 6.07) is 9.69. The Hall–Kier alpha value is -2.83. The Morgan fingerprint density at radius 1 is 1.29 bits per heavy atom. The predicted octanol–water partition coefficient (Wildman–Crippen LogP) is 2.44. The molecule has 0 saturated carbocycles. The SMILES string of the molecule is O=C(N[C@@H]1CCOc2ccccc21)c1ccc([N+](=O)[O-])o1. The van der Waals surface area contributed by atoms with Crippen LogP contribution in [0.3, 0.4) is 0 Å². The monoisotopic (exact) mass is 288 g/mol. The highest BCUT2D eigenvalue weighted by atomic mass is 16.6. The third kappa shape index (κ3) is 2.58. The molecule has 1 aromatic carbocycles. The van der Waals surface area contributed by atoms with Crippen molar-refractivity contribution in [2.75, 3.05) is 6.61 Å². The highest BCUT2D eigenvalue weighted by Gasteiger charge is 2.25. The molecule has 1 aliphatic rings. The Morgan fingerprint density at radius 2 is 2.10 bits per heavy atom. The maximum absolute atomic E-state index is 12.1. The molecule has 108 valence electrons. The number of carbonyl (C=O) groups excluding carboxylic acids is 1. The van der Waals surface area contributed by atoms with Crippen molar-refractivity contribution < 1.29 is 18.9 Å². The molecule has 0 unspecified atom stereocenters. The maximum Gasteiger partial charge on any atom is 0.433 e. The van der Waals surface area contributed by atoms with Crippen LogP contribution in [0.25, 0.3) is 0 Å². The molecule has 0 bridgehead atoms. The van der Waals surface area contributed by atoms with E-state index >= 15 is 0 Å². The molecule has 1 amide bonds. The van der Waals surface area contributed by atoms with Crippen molar-refractivity contribution in [3.8, 4) is 5.75 Å². The Bertz CT molecular complexity index is 694. The second-order valence-electron chi connectivity index (χ2n) is 4.60. The molecule has 0 spiro atoms. The van der Waals surface area contributed by atoms with Crippen LogP contribution >= 0.6 is 0 Å². The van der Waals surface area contributed by atoms with Gasteiger partial charge in [0, 0.05) is 12.0 Å². The molecular weight excluding hydrogens is 276 g/mol. The van der Waals surface area contributed by atoms with Gasteiger partial charge in [-0.1, -0.05) is 18.2 Å². The van der Waals surface area contributed by atoms with Crippen molar-refractivity contribution in [3.63, 3.8) is 0 Å². The highest BCUT2D eigenvalue weighted by molar-refractivity contribution is 5.92. The molecule has 21 heavy (non-hydrogen) atoms. The summed E-state index contributed by atoms with van der Waals surface area (Å²) in [5, 5.41) is 13.4. The van der Waals surface area contributed by atoms with Gasteiger partial charge in [0.25, 0.3) is 5.91 Å². The first-order valence-electron chi connectivity index (χ1n) is 6.42. The second-order valence-corrected chi connectivity index (χ2v) is 4.60. The van der Waals surface area contributed by atoms with Crippen LogP contribution in [-0.4, -0.2) is 17.4 Å². The van der Waals surface area contributed by atoms with Crippen molar-refractivity contribution >= 4 is 11.8 Å². The predicted molar refractivity (Wildman–Crippen MR) is 72.1 cm³/mol. The lowest BCUT2D eigenvalue weighted by Crippen LogP contribution is -2.31. The number of para-hydroxylation sites is 1.